The summed E-state index contributed by atoms with van der Waals surface area (Å²) in [5.41, 5.74) is 5.58. The van der Waals surface area contributed by atoms with E-state index in [2.05, 4.69) is 5.92 Å². The van der Waals surface area contributed by atoms with Gasteiger partial charge in [-0.2, -0.15) is 0 Å². The molecule has 0 fully saturated rings. The van der Waals surface area contributed by atoms with Gasteiger partial charge >= 0.3 is 0 Å². The largest absolute Gasteiger partial charge is 0.494 e. The Hall–Kier alpha value is -1.95. The molecule has 0 heterocycles. The number of amides is 1. The van der Waals surface area contributed by atoms with Crippen molar-refractivity contribution in [3.05, 3.63) is 29.8 Å². The predicted molar refractivity (Wildman–Crippen MR) is 58.5 cm³/mol. The lowest BCUT2D eigenvalue weighted by Crippen LogP contribution is -2.10. The SMILES string of the molecule is C#CCCCOc1ccc(C(N)=O)cc1. The Morgan fingerprint density at radius 2 is 2.07 bits per heavy atom. The van der Waals surface area contributed by atoms with E-state index in [1.54, 1.807) is 24.3 Å². The fraction of sp³-hybridized carbons (Fsp3) is 0.250. The topological polar surface area (TPSA) is 52.3 Å². The summed E-state index contributed by atoms with van der Waals surface area (Å²) in [6.07, 6.45) is 6.64. The minimum absolute atomic E-state index is 0.436. The van der Waals surface area contributed by atoms with Gasteiger partial charge in [-0.05, 0) is 30.7 Å². The number of carbonyl (C=O) groups excluding carboxylic acids is 1. The lowest BCUT2D eigenvalue weighted by atomic mass is 10.2. The molecule has 0 atom stereocenters. The van der Waals surface area contributed by atoms with Crippen LogP contribution in [-0.2, 0) is 0 Å². The Morgan fingerprint density at radius 1 is 1.40 bits per heavy atom. The maximum absolute atomic E-state index is 10.8. The highest BCUT2D eigenvalue weighted by Crippen LogP contribution is 2.12. The van der Waals surface area contributed by atoms with Crippen molar-refractivity contribution in [3.8, 4) is 18.1 Å². The van der Waals surface area contributed by atoms with Crippen LogP contribution < -0.4 is 10.5 Å². The van der Waals surface area contributed by atoms with Crippen molar-refractivity contribution >= 4 is 5.91 Å². The van der Waals surface area contributed by atoms with Crippen LogP contribution in [0.3, 0.4) is 0 Å². The molecule has 1 rings (SSSR count). The van der Waals surface area contributed by atoms with E-state index >= 15 is 0 Å². The minimum Gasteiger partial charge on any atom is -0.494 e. The fourth-order valence-corrected chi connectivity index (χ4v) is 1.08. The van der Waals surface area contributed by atoms with Crippen LogP contribution in [0.4, 0.5) is 0 Å². The van der Waals surface area contributed by atoms with E-state index in [-0.39, 0.29) is 0 Å². The maximum Gasteiger partial charge on any atom is 0.248 e. The number of ether oxygens (including phenoxy) is 1. The van der Waals surface area contributed by atoms with Crippen LogP contribution in [0.1, 0.15) is 23.2 Å². The van der Waals surface area contributed by atoms with Crippen molar-refractivity contribution in [1.29, 1.82) is 0 Å². The molecular formula is C12H13NO2. The molecular weight excluding hydrogens is 190 g/mol. The van der Waals surface area contributed by atoms with Gasteiger partial charge in [0.1, 0.15) is 5.75 Å². The van der Waals surface area contributed by atoms with Crippen molar-refractivity contribution in [2.24, 2.45) is 5.73 Å². The van der Waals surface area contributed by atoms with Gasteiger partial charge in [-0.15, -0.1) is 12.3 Å². The molecule has 3 nitrogen and oxygen atoms in total. The Bertz CT molecular complexity index is 362. The van der Waals surface area contributed by atoms with Gasteiger partial charge in [0.25, 0.3) is 0 Å². The summed E-state index contributed by atoms with van der Waals surface area (Å²) in [6, 6.07) is 6.71. The highest BCUT2D eigenvalue weighted by molar-refractivity contribution is 5.92. The third-order valence-corrected chi connectivity index (χ3v) is 1.87. The molecule has 0 spiro atoms. The van der Waals surface area contributed by atoms with E-state index in [4.69, 9.17) is 16.9 Å². The molecule has 15 heavy (non-hydrogen) atoms. The number of unbranched alkanes of at least 4 members (excludes halogenated alkanes) is 1. The zero-order chi connectivity index (χ0) is 11.1. The van der Waals surface area contributed by atoms with Crippen LogP contribution >= 0.6 is 0 Å². The predicted octanol–water partition coefficient (Wildman–Crippen LogP) is 1.58. The van der Waals surface area contributed by atoms with Crippen molar-refractivity contribution < 1.29 is 9.53 Å². The highest BCUT2D eigenvalue weighted by atomic mass is 16.5. The molecule has 0 aliphatic carbocycles. The number of nitrogens with two attached hydrogens (primary N) is 1. The molecule has 0 bridgehead atoms. The summed E-state index contributed by atoms with van der Waals surface area (Å²) < 4.78 is 5.40. The van der Waals surface area contributed by atoms with Gasteiger partial charge in [-0.1, -0.05) is 0 Å². The number of carbonyl (C=O) groups is 1. The van der Waals surface area contributed by atoms with E-state index < -0.39 is 5.91 Å². The first-order valence-electron chi connectivity index (χ1n) is 4.70. The highest BCUT2D eigenvalue weighted by Gasteiger charge is 1.99. The average Bonchev–Trinajstić information content (AvgIpc) is 2.25. The van der Waals surface area contributed by atoms with Crippen molar-refractivity contribution in [1.82, 2.24) is 0 Å². The molecule has 0 aliphatic rings. The van der Waals surface area contributed by atoms with Gasteiger partial charge in [0.15, 0.2) is 0 Å². The first kappa shape index (κ1) is 11.1. The van der Waals surface area contributed by atoms with E-state index in [9.17, 15) is 4.79 Å². The fourth-order valence-electron chi connectivity index (χ4n) is 1.08. The second-order valence-electron chi connectivity index (χ2n) is 3.04. The summed E-state index contributed by atoms with van der Waals surface area (Å²) >= 11 is 0. The van der Waals surface area contributed by atoms with Crippen LogP contribution in [0.5, 0.6) is 5.75 Å². The number of rotatable bonds is 5. The smallest absolute Gasteiger partial charge is 0.248 e. The quantitative estimate of drug-likeness (QED) is 0.583. The summed E-state index contributed by atoms with van der Waals surface area (Å²) in [5.74, 6) is 2.82. The van der Waals surface area contributed by atoms with Crippen LogP contribution in [0.25, 0.3) is 0 Å². The second-order valence-corrected chi connectivity index (χ2v) is 3.04. The third-order valence-electron chi connectivity index (χ3n) is 1.87. The van der Waals surface area contributed by atoms with Gasteiger partial charge in [-0.25, -0.2) is 0 Å². The molecule has 0 radical (unpaired) electrons. The molecule has 0 aliphatic heterocycles. The minimum atomic E-state index is -0.436. The first-order chi connectivity index (χ1) is 7.24. The molecule has 2 N–H and O–H groups in total. The van der Waals surface area contributed by atoms with Crippen LogP contribution in [0.15, 0.2) is 24.3 Å². The Morgan fingerprint density at radius 3 is 2.60 bits per heavy atom. The van der Waals surface area contributed by atoms with Gasteiger partial charge in [0.2, 0.25) is 5.91 Å². The van der Waals surface area contributed by atoms with Gasteiger partial charge in [0, 0.05) is 12.0 Å². The third kappa shape index (κ3) is 3.74. The lowest BCUT2D eigenvalue weighted by molar-refractivity contribution is 0.100. The van der Waals surface area contributed by atoms with Gasteiger partial charge < -0.3 is 10.5 Å². The van der Waals surface area contributed by atoms with Crippen LogP contribution in [0.2, 0.25) is 0 Å². The van der Waals surface area contributed by atoms with Crippen LogP contribution in [0, 0.1) is 12.3 Å². The normalized spacial score (nSPS) is 9.27. The van der Waals surface area contributed by atoms with Crippen LogP contribution in [-0.4, -0.2) is 12.5 Å². The Labute approximate surface area is 89.2 Å². The first-order valence-corrected chi connectivity index (χ1v) is 4.70. The summed E-state index contributed by atoms with van der Waals surface area (Å²) in [7, 11) is 0. The average molecular weight is 203 g/mol. The molecule has 78 valence electrons. The van der Waals surface area contributed by atoms with Crippen molar-refractivity contribution in [2.75, 3.05) is 6.61 Å². The standard InChI is InChI=1S/C12H13NO2/c1-2-3-4-9-15-11-7-5-10(6-8-11)12(13)14/h1,5-8H,3-4,9H2,(H2,13,14). The van der Waals surface area contributed by atoms with Gasteiger partial charge in [0.05, 0.1) is 6.61 Å². The second kappa shape index (κ2) is 5.71. The van der Waals surface area contributed by atoms with E-state index in [0.29, 0.717) is 18.6 Å². The Balaban J connectivity index is 2.43. The molecule has 0 saturated heterocycles. The van der Waals surface area contributed by atoms with Gasteiger partial charge in [-0.3, -0.25) is 4.79 Å². The van der Waals surface area contributed by atoms with Crippen molar-refractivity contribution in [3.63, 3.8) is 0 Å². The summed E-state index contributed by atoms with van der Waals surface area (Å²) in [4.78, 5) is 10.8. The molecule has 1 aromatic rings. The van der Waals surface area contributed by atoms with E-state index in [1.165, 1.54) is 0 Å². The molecule has 0 aromatic heterocycles. The molecule has 0 saturated carbocycles. The van der Waals surface area contributed by atoms with Crippen molar-refractivity contribution in [2.45, 2.75) is 12.8 Å². The number of terminal acetylenes is 1. The molecule has 0 unspecified atom stereocenters. The zero-order valence-corrected chi connectivity index (χ0v) is 8.40. The lowest BCUT2D eigenvalue weighted by Gasteiger charge is -2.04. The molecule has 1 amide bonds. The molecule has 1 aromatic carbocycles. The monoisotopic (exact) mass is 203 g/mol. The van der Waals surface area contributed by atoms with E-state index in [1.807, 2.05) is 0 Å². The molecule has 3 heteroatoms. The number of primary amides is 1. The maximum atomic E-state index is 10.8. The number of hydrogen-bond donors (Lipinski definition) is 1. The summed E-state index contributed by atoms with van der Waals surface area (Å²) in [5, 5.41) is 0. The number of hydrogen-bond acceptors (Lipinski definition) is 2. The van der Waals surface area contributed by atoms with E-state index in [0.717, 1.165) is 12.2 Å². The summed E-state index contributed by atoms with van der Waals surface area (Å²) in [6.45, 7) is 0.583. The zero-order valence-electron chi connectivity index (χ0n) is 8.40. The number of benzene rings is 1. The Kier molecular flexibility index (Phi) is 4.24.